The van der Waals surface area contributed by atoms with Crippen molar-refractivity contribution in [1.82, 2.24) is 20.6 Å². The highest BCUT2D eigenvalue weighted by atomic mass is 16.2. The molecular formula is C22H32N4O2. The lowest BCUT2D eigenvalue weighted by atomic mass is 9.91. The van der Waals surface area contributed by atoms with Crippen LogP contribution in [0.4, 0.5) is 0 Å². The monoisotopic (exact) mass is 384 g/mol. The fourth-order valence-electron chi connectivity index (χ4n) is 4.04. The molecule has 2 unspecified atom stereocenters. The molecule has 0 bridgehead atoms. The van der Waals surface area contributed by atoms with Gasteiger partial charge in [-0.1, -0.05) is 34.1 Å². The number of aromatic nitrogens is 2. The molecule has 3 N–H and O–H groups in total. The molecule has 1 fully saturated rings. The minimum absolute atomic E-state index is 0.0115. The molecule has 2 heterocycles. The molecular weight excluding hydrogens is 352 g/mol. The van der Waals surface area contributed by atoms with Gasteiger partial charge in [0.15, 0.2) is 0 Å². The highest BCUT2D eigenvalue weighted by molar-refractivity contribution is 5.97. The van der Waals surface area contributed by atoms with Gasteiger partial charge >= 0.3 is 0 Å². The lowest BCUT2D eigenvalue weighted by Gasteiger charge is -2.19. The molecule has 0 spiro atoms. The molecule has 2 amide bonds. The van der Waals surface area contributed by atoms with Crippen LogP contribution in [0.3, 0.4) is 0 Å². The van der Waals surface area contributed by atoms with Gasteiger partial charge in [0, 0.05) is 42.8 Å². The first-order valence-corrected chi connectivity index (χ1v) is 10.2. The number of rotatable bonds is 8. The minimum Gasteiger partial charge on any atom is -0.356 e. The lowest BCUT2D eigenvalue weighted by molar-refractivity contribution is -0.122. The SMILES string of the molecule is CCC1(CCNC(=O)CC(C)(C)C)CC1CNC(=O)c1cc2cnccc2[nH]1. The van der Waals surface area contributed by atoms with Gasteiger partial charge in [-0.05, 0) is 41.7 Å². The molecule has 3 rings (SSSR count). The van der Waals surface area contributed by atoms with Crippen molar-refractivity contribution in [1.29, 1.82) is 0 Å². The van der Waals surface area contributed by atoms with E-state index in [4.69, 9.17) is 0 Å². The number of hydrogen-bond donors (Lipinski definition) is 3. The van der Waals surface area contributed by atoms with Crippen LogP contribution in [0.5, 0.6) is 0 Å². The summed E-state index contributed by atoms with van der Waals surface area (Å²) in [7, 11) is 0. The van der Waals surface area contributed by atoms with E-state index in [-0.39, 0.29) is 22.6 Å². The van der Waals surface area contributed by atoms with Crippen molar-refractivity contribution in [2.45, 2.75) is 53.4 Å². The predicted octanol–water partition coefficient (Wildman–Crippen LogP) is 3.65. The molecule has 28 heavy (non-hydrogen) atoms. The van der Waals surface area contributed by atoms with E-state index < -0.39 is 0 Å². The summed E-state index contributed by atoms with van der Waals surface area (Å²) in [6.45, 7) is 9.80. The zero-order valence-electron chi connectivity index (χ0n) is 17.4. The summed E-state index contributed by atoms with van der Waals surface area (Å²) in [5.41, 5.74) is 1.74. The largest absolute Gasteiger partial charge is 0.356 e. The summed E-state index contributed by atoms with van der Waals surface area (Å²) >= 11 is 0. The molecule has 1 aliphatic rings. The molecule has 1 saturated carbocycles. The van der Waals surface area contributed by atoms with Gasteiger partial charge in [0.2, 0.25) is 5.91 Å². The molecule has 6 nitrogen and oxygen atoms in total. The Hall–Kier alpha value is -2.37. The molecule has 0 aromatic carbocycles. The van der Waals surface area contributed by atoms with E-state index in [0.29, 0.717) is 31.1 Å². The summed E-state index contributed by atoms with van der Waals surface area (Å²) in [5.74, 6) is 0.524. The molecule has 0 aliphatic heterocycles. The van der Waals surface area contributed by atoms with E-state index >= 15 is 0 Å². The van der Waals surface area contributed by atoms with Crippen molar-refractivity contribution in [2.24, 2.45) is 16.7 Å². The standard InChI is InChI=1S/C22H32N4O2/c1-5-22(7-9-24-19(27)12-21(2,3)4)11-16(22)14-25-20(28)18-10-15-13-23-8-6-17(15)26-18/h6,8,10,13,16,26H,5,7,9,11-12,14H2,1-4H3,(H,24,27)(H,25,28). The van der Waals surface area contributed by atoms with E-state index in [9.17, 15) is 9.59 Å². The van der Waals surface area contributed by atoms with Crippen LogP contribution in [0, 0.1) is 16.7 Å². The van der Waals surface area contributed by atoms with E-state index in [1.165, 1.54) is 0 Å². The van der Waals surface area contributed by atoms with Gasteiger partial charge in [0.05, 0.1) is 0 Å². The Morgan fingerprint density at radius 1 is 1.32 bits per heavy atom. The van der Waals surface area contributed by atoms with Crippen LogP contribution in [0.2, 0.25) is 0 Å². The van der Waals surface area contributed by atoms with Gasteiger partial charge in [-0.15, -0.1) is 0 Å². The Morgan fingerprint density at radius 2 is 2.11 bits per heavy atom. The quantitative estimate of drug-likeness (QED) is 0.649. The third-order valence-corrected chi connectivity index (χ3v) is 5.87. The fraction of sp³-hybridized carbons (Fsp3) is 0.591. The number of amides is 2. The second-order valence-corrected chi connectivity index (χ2v) is 9.31. The van der Waals surface area contributed by atoms with Gasteiger partial charge < -0.3 is 15.6 Å². The first-order chi connectivity index (χ1) is 13.2. The molecule has 2 aromatic rings. The summed E-state index contributed by atoms with van der Waals surface area (Å²) < 4.78 is 0. The predicted molar refractivity (Wildman–Crippen MR) is 111 cm³/mol. The van der Waals surface area contributed by atoms with Crippen LogP contribution in [-0.4, -0.2) is 34.9 Å². The van der Waals surface area contributed by atoms with Gasteiger partial charge in [0.1, 0.15) is 5.69 Å². The highest BCUT2D eigenvalue weighted by Crippen LogP contribution is 2.57. The average molecular weight is 385 g/mol. The third kappa shape index (κ3) is 4.91. The summed E-state index contributed by atoms with van der Waals surface area (Å²) in [6, 6.07) is 3.70. The van der Waals surface area contributed by atoms with Crippen molar-refractivity contribution in [3.8, 4) is 0 Å². The van der Waals surface area contributed by atoms with E-state index in [1.54, 1.807) is 12.4 Å². The Labute approximate surface area is 166 Å². The van der Waals surface area contributed by atoms with Crippen LogP contribution in [0.25, 0.3) is 10.9 Å². The Bertz CT molecular complexity index is 819. The van der Waals surface area contributed by atoms with Crippen molar-refractivity contribution in [3.63, 3.8) is 0 Å². The number of nitrogens with one attached hydrogen (secondary N) is 3. The smallest absolute Gasteiger partial charge is 0.267 e. The van der Waals surface area contributed by atoms with Crippen molar-refractivity contribution < 1.29 is 9.59 Å². The van der Waals surface area contributed by atoms with E-state index in [1.807, 2.05) is 12.1 Å². The first-order valence-electron chi connectivity index (χ1n) is 10.2. The van der Waals surface area contributed by atoms with E-state index in [2.05, 4.69) is 48.3 Å². The number of hydrogen-bond acceptors (Lipinski definition) is 3. The lowest BCUT2D eigenvalue weighted by Crippen LogP contribution is -2.31. The van der Waals surface area contributed by atoms with Crippen LogP contribution in [-0.2, 0) is 4.79 Å². The second-order valence-electron chi connectivity index (χ2n) is 9.31. The molecule has 1 aliphatic carbocycles. The number of carbonyl (C=O) groups excluding carboxylic acids is 2. The second kappa shape index (κ2) is 7.94. The topological polar surface area (TPSA) is 86.9 Å². The third-order valence-electron chi connectivity index (χ3n) is 5.87. The van der Waals surface area contributed by atoms with Gasteiger partial charge in [-0.25, -0.2) is 0 Å². The Kier molecular flexibility index (Phi) is 5.77. The number of pyridine rings is 1. The highest BCUT2D eigenvalue weighted by Gasteiger charge is 2.51. The molecule has 2 aromatic heterocycles. The van der Waals surface area contributed by atoms with Crippen LogP contribution < -0.4 is 10.6 Å². The number of nitrogens with zero attached hydrogens (tertiary/aromatic N) is 1. The number of aromatic amines is 1. The van der Waals surface area contributed by atoms with Crippen molar-refractivity contribution in [3.05, 3.63) is 30.2 Å². The molecule has 152 valence electrons. The molecule has 0 radical (unpaired) electrons. The zero-order chi connectivity index (χ0) is 20.4. The van der Waals surface area contributed by atoms with Crippen LogP contribution in [0.15, 0.2) is 24.5 Å². The van der Waals surface area contributed by atoms with Crippen LogP contribution in [0.1, 0.15) is 63.9 Å². The molecule has 2 atom stereocenters. The van der Waals surface area contributed by atoms with Crippen molar-refractivity contribution >= 4 is 22.7 Å². The van der Waals surface area contributed by atoms with Gasteiger partial charge in [-0.2, -0.15) is 0 Å². The maximum Gasteiger partial charge on any atom is 0.267 e. The van der Waals surface area contributed by atoms with Gasteiger partial charge in [0.25, 0.3) is 5.91 Å². The van der Waals surface area contributed by atoms with Crippen LogP contribution >= 0.6 is 0 Å². The zero-order valence-corrected chi connectivity index (χ0v) is 17.4. The molecule has 6 heteroatoms. The fourth-order valence-corrected chi connectivity index (χ4v) is 4.04. The maximum atomic E-state index is 12.5. The number of H-pyrrole nitrogens is 1. The van der Waals surface area contributed by atoms with Crippen molar-refractivity contribution in [2.75, 3.05) is 13.1 Å². The van der Waals surface area contributed by atoms with E-state index in [0.717, 1.165) is 30.2 Å². The summed E-state index contributed by atoms with van der Waals surface area (Å²) in [5, 5.41) is 7.06. The summed E-state index contributed by atoms with van der Waals surface area (Å²) in [4.78, 5) is 31.7. The first kappa shape index (κ1) is 20.4. The number of carbonyl (C=O) groups is 2. The Morgan fingerprint density at radius 3 is 2.79 bits per heavy atom. The minimum atomic E-state index is -0.0772. The average Bonchev–Trinajstić information content (AvgIpc) is 3.14. The number of fused-ring (bicyclic) bond motifs is 1. The molecule has 0 saturated heterocycles. The summed E-state index contributed by atoms with van der Waals surface area (Å²) in [6.07, 6.45) is 7.15. The normalized spacial score (nSPS) is 21.5. The maximum absolute atomic E-state index is 12.5. The Balaban J connectivity index is 1.45. The van der Waals surface area contributed by atoms with Gasteiger partial charge in [-0.3, -0.25) is 14.6 Å².